The van der Waals surface area contributed by atoms with Crippen LogP contribution in [0.1, 0.15) is 72.1 Å². The summed E-state index contributed by atoms with van der Waals surface area (Å²) in [6.07, 6.45) is 7.48. The van der Waals surface area contributed by atoms with E-state index in [0.717, 1.165) is 44.9 Å². The molecule has 1 saturated carbocycles. The zero-order valence-electron chi connectivity index (χ0n) is 11.6. The molecule has 0 heterocycles. The second kappa shape index (κ2) is 5.87. The van der Waals surface area contributed by atoms with E-state index < -0.39 is 11.0 Å². The molecule has 1 fully saturated rings. The lowest BCUT2D eigenvalue weighted by Gasteiger charge is -2.47. The summed E-state index contributed by atoms with van der Waals surface area (Å²) in [6, 6.07) is 2.51. The van der Waals surface area contributed by atoms with E-state index in [1.54, 1.807) is 0 Å². The first-order chi connectivity index (χ1) is 8.03. The molecule has 0 aromatic rings. The van der Waals surface area contributed by atoms with Gasteiger partial charge in [-0.1, -0.05) is 46.5 Å². The fourth-order valence-electron chi connectivity index (χ4n) is 3.61. The van der Waals surface area contributed by atoms with Gasteiger partial charge in [0.25, 0.3) is 0 Å². The van der Waals surface area contributed by atoms with Crippen LogP contribution in [0.5, 0.6) is 0 Å². The number of nitrogens with zero attached hydrogens (tertiary/aromatic N) is 1. The highest BCUT2D eigenvalue weighted by Gasteiger charge is 2.51. The molecule has 0 amide bonds. The Morgan fingerprint density at radius 1 is 1.35 bits per heavy atom. The van der Waals surface area contributed by atoms with Gasteiger partial charge in [0.2, 0.25) is 0 Å². The minimum absolute atomic E-state index is 0.489. The van der Waals surface area contributed by atoms with Gasteiger partial charge in [0, 0.05) is 0 Å². The van der Waals surface area contributed by atoms with E-state index >= 15 is 0 Å². The second-order valence-corrected chi connectivity index (χ2v) is 5.93. The third kappa shape index (κ3) is 2.83. The van der Waals surface area contributed by atoms with E-state index in [1.165, 1.54) is 6.42 Å². The molecular weight excluding hydrogens is 210 g/mol. The fourth-order valence-corrected chi connectivity index (χ4v) is 3.61. The Labute approximate surface area is 106 Å². The Balaban J connectivity index is 2.98. The van der Waals surface area contributed by atoms with Gasteiger partial charge >= 0.3 is 0 Å². The molecule has 0 bridgehead atoms. The molecule has 1 aliphatic carbocycles. The summed E-state index contributed by atoms with van der Waals surface area (Å²) in [4.78, 5) is 0. The maximum Gasteiger partial charge on any atom is 0.0862 e. The van der Waals surface area contributed by atoms with Crippen molar-refractivity contribution in [3.8, 4) is 6.07 Å². The molecule has 0 spiro atoms. The SMILES string of the molecule is CCCC(O)(CCC)C1(C#N)CCCC(C)C1. The number of hydrogen-bond donors (Lipinski definition) is 1. The molecule has 2 nitrogen and oxygen atoms in total. The van der Waals surface area contributed by atoms with E-state index in [0.29, 0.717) is 5.92 Å². The third-order valence-electron chi connectivity index (χ3n) is 4.43. The number of aliphatic hydroxyl groups is 1. The molecule has 0 aromatic heterocycles. The summed E-state index contributed by atoms with van der Waals surface area (Å²) >= 11 is 0. The van der Waals surface area contributed by atoms with Crippen LogP contribution < -0.4 is 0 Å². The smallest absolute Gasteiger partial charge is 0.0862 e. The number of nitriles is 1. The highest BCUT2D eigenvalue weighted by molar-refractivity contribution is 5.13. The molecule has 2 unspecified atom stereocenters. The van der Waals surface area contributed by atoms with E-state index in [4.69, 9.17) is 0 Å². The first-order valence-electron chi connectivity index (χ1n) is 7.17. The van der Waals surface area contributed by atoms with Gasteiger partial charge in [0.1, 0.15) is 0 Å². The summed E-state index contributed by atoms with van der Waals surface area (Å²) in [6.45, 7) is 6.40. The first-order valence-corrected chi connectivity index (χ1v) is 7.17. The van der Waals surface area contributed by atoms with Gasteiger partial charge in [0.15, 0.2) is 0 Å². The molecule has 2 atom stereocenters. The number of hydrogen-bond acceptors (Lipinski definition) is 2. The molecule has 0 radical (unpaired) electrons. The quantitative estimate of drug-likeness (QED) is 0.784. The first kappa shape index (κ1) is 14.5. The van der Waals surface area contributed by atoms with Crippen molar-refractivity contribution >= 4 is 0 Å². The summed E-state index contributed by atoms with van der Waals surface area (Å²) < 4.78 is 0. The summed E-state index contributed by atoms with van der Waals surface area (Å²) in [5, 5.41) is 20.6. The van der Waals surface area contributed by atoms with E-state index in [2.05, 4.69) is 26.8 Å². The van der Waals surface area contributed by atoms with E-state index in [-0.39, 0.29) is 0 Å². The third-order valence-corrected chi connectivity index (χ3v) is 4.43. The van der Waals surface area contributed by atoms with Crippen molar-refractivity contribution in [3.63, 3.8) is 0 Å². The van der Waals surface area contributed by atoms with Crippen molar-refractivity contribution in [2.45, 2.75) is 77.7 Å². The highest BCUT2D eigenvalue weighted by Crippen LogP contribution is 2.50. The van der Waals surface area contributed by atoms with Gasteiger partial charge in [-0.3, -0.25) is 0 Å². The van der Waals surface area contributed by atoms with Gasteiger partial charge in [-0.2, -0.15) is 5.26 Å². The Kier molecular flexibility index (Phi) is 5.01. The van der Waals surface area contributed by atoms with Gasteiger partial charge in [-0.25, -0.2) is 0 Å². The molecular formula is C15H27NO. The standard InChI is InChI=1S/C15H27NO/c1-4-8-15(17,9-5-2)14(12-16)10-6-7-13(3)11-14/h13,17H,4-11H2,1-3H3. The van der Waals surface area contributed by atoms with Crippen LogP contribution in [0, 0.1) is 22.7 Å². The van der Waals surface area contributed by atoms with Crippen LogP contribution in [0.25, 0.3) is 0 Å². The monoisotopic (exact) mass is 237 g/mol. The van der Waals surface area contributed by atoms with Crippen LogP contribution in [0.2, 0.25) is 0 Å². The van der Waals surface area contributed by atoms with Crippen LogP contribution in [-0.4, -0.2) is 10.7 Å². The van der Waals surface area contributed by atoms with Gasteiger partial charge in [0.05, 0.1) is 17.1 Å². The van der Waals surface area contributed by atoms with Crippen molar-refractivity contribution < 1.29 is 5.11 Å². The molecule has 0 aliphatic heterocycles. The average molecular weight is 237 g/mol. The molecule has 98 valence electrons. The van der Waals surface area contributed by atoms with Crippen LogP contribution in [0.4, 0.5) is 0 Å². The zero-order valence-corrected chi connectivity index (χ0v) is 11.6. The predicted molar refractivity (Wildman–Crippen MR) is 70.4 cm³/mol. The molecule has 1 rings (SSSR count). The largest absolute Gasteiger partial charge is 0.388 e. The molecule has 17 heavy (non-hydrogen) atoms. The average Bonchev–Trinajstić information content (AvgIpc) is 2.29. The van der Waals surface area contributed by atoms with Crippen molar-refractivity contribution in [2.24, 2.45) is 11.3 Å². The maximum absolute atomic E-state index is 11.0. The minimum atomic E-state index is -0.764. The lowest BCUT2D eigenvalue weighted by Crippen LogP contribution is -2.49. The maximum atomic E-state index is 11.0. The molecule has 0 aromatic carbocycles. The lowest BCUT2D eigenvalue weighted by molar-refractivity contribution is -0.0929. The van der Waals surface area contributed by atoms with E-state index in [1.807, 2.05) is 0 Å². The van der Waals surface area contributed by atoms with Crippen LogP contribution in [-0.2, 0) is 0 Å². The number of rotatable bonds is 5. The second-order valence-electron chi connectivity index (χ2n) is 5.93. The Morgan fingerprint density at radius 2 is 1.94 bits per heavy atom. The molecule has 1 N–H and O–H groups in total. The van der Waals surface area contributed by atoms with Gasteiger partial charge in [-0.05, 0) is 31.6 Å². The van der Waals surface area contributed by atoms with Crippen LogP contribution in [0.15, 0.2) is 0 Å². The zero-order chi connectivity index (χ0) is 12.9. The Bertz CT molecular complexity index is 275. The lowest BCUT2D eigenvalue weighted by atomic mass is 9.59. The van der Waals surface area contributed by atoms with Crippen molar-refractivity contribution in [3.05, 3.63) is 0 Å². The van der Waals surface area contributed by atoms with Gasteiger partial charge < -0.3 is 5.11 Å². The van der Waals surface area contributed by atoms with Crippen LogP contribution >= 0.6 is 0 Å². The summed E-state index contributed by atoms with van der Waals surface area (Å²) in [7, 11) is 0. The Hall–Kier alpha value is -0.550. The minimum Gasteiger partial charge on any atom is -0.388 e. The van der Waals surface area contributed by atoms with E-state index in [9.17, 15) is 10.4 Å². The van der Waals surface area contributed by atoms with Crippen molar-refractivity contribution in [1.29, 1.82) is 5.26 Å². The normalized spacial score (nSPS) is 29.9. The highest BCUT2D eigenvalue weighted by atomic mass is 16.3. The van der Waals surface area contributed by atoms with Crippen molar-refractivity contribution in [2.75, 3.05) is 0 Å². The van der Waals surface area contributed by atoms with Gasteiger partial charge in [-0.15, -0.1) is 0 Å². The fraction of sp³-hybridized carbons (Fsp3) is 0.933. The Morgan fingerprint density at radius 3 is 2.35 bits per heavy atom. The molecule has 2 heteroatoms. The topological polar surface area (TPSA) is 44.0 Å². The van der Waals surface area contributed by atoms with Crippen LogP contribution in [0.3, 0.4) is 0 Å². The van der Waals surface area contributed by atoms with Crippen molar-refractivity contribution in [1.82, 2.24) is 0 Å². The molecule has 1 aliphatic rings. The summed E-state index contributed by atoms with van der Waals surface area (Å²) in [5.74, 6) is 0.573. The predicted octanol–water partition coefficient (Wildman–Crippen LogP) is 4.04. The molecule has 0 saturated heterocycles. The summed E-state index contributed by atoms with van der Waals surface area (Å²) in [5.41, 5.74) is -1.25.